The first-order chi connectivity index (χ1) is 11.4. The molecule has 6 heteroatoms. The summed E-state index contributed by atoms with van der Waals surface area (Å²) in [5.74, 6) is 0. The molecule has 0 fully saturated rings. The third-order valence-corrected chi connectivity index (χ3v) is 4.44. The van der Waals surface area contributed by atoms with Gasteiger partial charge in [-0.2, -0.15) is 0 Å². The average Bonchev–Trinajstić information content (AvgIpc) is 2.49. The number of hydrogen-bond donors (Lipinski definition) is 2. The monoisotopic (exact) mass is 402 g/mol. The van der Waals surface area contributed by atoms with Crippen LogP contribution >= 0.6 is 28.1 Å². The van der Waals surface area contributed by atoms with Crippen LogP contribution in [0.1, 0.15) is 11.1 Å². The topological polar surface area (TPSA) is 54.3 Å². The molecule has 3 rings (SSSR count). The third-order valence-electron chi connectivity index (χ3n) is 3.58. The minimum absolute atomic E-state index is 0.360. The van der Waals surface area contributed by atoms with Crippen LogP contribution in [0.15, 0.2) is 56.1 Å². The number of anilines is 2. The van der Waals surface area contributed by atoms with E-state index >= 15 is 0 Å². The zero-order valence-electron chi connectivity index (χ0n) is 13.1. The number of thiocarbonyl (C=S) groups is 1. The number of halogens is 1. The van der Waals surface area contributed by atoms with Crippen LogP contribution in [-0.2, 0) is 0 Å². The van der Waals surface area contributed by atoms with Gasteiger partial charge in [0.1, 0.15) is 5.58 Å². The first-order valence-corrected chi connectivity index (χ1v) is 8.51. The molecule has 0 radical (unpaired) electrons. The lowest BCUT2D eigenvalue weighted by Gasteiger charge is -2.13. The van der Waals surface area contributed by atoms with Crippen molar-refractivity contribution in [2.45, 2.75) is 13.8 Å². The standard InChI is InChI=1S/C18H15BrN2O2S/c1-10-3-6-15(14(19)7-10)21-18(24)20-12-4-5-13-11(2)8-17(22)23-16(13)9-12/h3-9H,1-2H3,(H2,20,21,24). The van der Waals surface area contributed by atoms with Crippen LogP contribution in [0, 0.1) is 13.8 Å². The Balaban J connectivity index is 1.81. The van der Waals surface area contributed by atoms with Gasteiger partial charge in [0, 0.05) is 27.7 Å². The highest BCUT2D eigenvalue weighted by Gasteiger charge is 2.06. The lowest BCUT2D eigenvalue weighted by molar-refractivity contribution is 0.560. The summed E-state index contributed by atoms with van der Waals surface area (Å²) in [5, 5.41) is 7.59. The molecule has 122 valence electrons. The smallest absolute Gasteiger partial charge is 0.336 e. The zero-order chi connectivity index (χ0) is 17.3. The molecule has 0 bridgehead atoms. The summed E-state index contributed by atoms with van der Waals surface area (Å²) in [4.78, 5) is 11.5. The van der Waals surface area contributed by atoms with Crippen LogP contribution < -0.4 is 16.3 Å². The molecule has 1 heterocycles. The van der Waals surface area contributed by atoms with Crippen molar-refractivity contribution in [2.75, 3.05) is 10.6 Å². The Hall–Kier alpha value is -2.18. The lowest BCUT2D eigenvalue weighted by atomic mass is 10.1. The molecule has 0 saturated carbocycles. The Morgan fingerprint density at radius 2 is 1.88 bits per heavy atom. The van der Waals surface area contributed by atoms with E-state index in [2.05, 4.69) is 26.6 Å². The quantitative estimate of drug-likeness (QED) is 0.467. The number of hydrogen-bond acceptors (Lipinski definition) is 3. The molecule has 0 aliphatic heterocycles. The van der Waals surface area contributed by atoms with Crippen molar-refractivity contribution >= 4 is 55.6 Å². The third kappa shape index (κ3) is 3.66. The van der Waals surface area contributed by atoms with E-state index in [0.29, 0.717) is 10.7 Å². The minimum Gasteiger partial charge on any atom is -0.423 e. The van der Waals surface area contributed by atoms with Crippen molar-refractivity contribution in [1.82, 2.24) is 0 Å². The Bertz CT molecular complexity index is 998. The molecular formula is C18H15BrN2O2S. The van der Waals surface area contributed by atoms with Crippen molar-refractivity contribution in [3.05, 3.63) is 68.5 Å². The number of nitrogens with one attached hydrogen (secondary N) is 2. The maximum Gasteiger partial charge on any atom is 0.336 e. The first kappa shape index (κ1) is 16.7. The fourth-order valence-electron chi connectivity index (χ4n) is 2.41. The van der Waals surface area contributed by atoms with Crippen molar-refractivity contribution in [3.63, 3.8) is 0 Å². The second-order valence-electron chi connectivity index (χ2n) is 5.52. The molecule has 3 aromatic rings. The van der Waals surface area contributed by atoms with Gasteiger partial charge in [0.15, 0.2) is 5.11 Å². The van der Waals surface area contributed by atoms with E-state index in [1.807, 2.05) is 44.2 Å². The lowest BCUT2D eigenvalue weighted by Crippen LogP contribution is -2.19. The van der Waals surface area contributed by atoms with E-state index in [-0.39, 0.29) is 5.63 Å². The maximum atomic E-state index is 11.5. The van der Waals surface area contributed by atoms with E-state index in [0.717, 1.165) is 32.4 Å². The predicted octanol–water partition coefficient (Wildman–Crippen LogP) is 4.98. The second kappa shape index (κ2) is 6.75. The van der Waals surface area contributed by atoms with Gasteiger partial charge < -0.3 is 15.1 Å². The fraction of sp³-hybridized carbons (Fsp3) is 0.111. The highest BCUT2D eigenvalue weighted by atomic mass is 79.9. The summed E-state index contributed by atoms with van der Waals surface area (Å²) in [5.41, 5.74) is 3.84. The molecule has 0 aliphatic carbocycles. The summed E-state index contributed by atoms with van der Waals surface area (Å²) in [7, 11) is 0. The van der Waals surface area contributed by atoms with Crippen LogP contribution in [0.25, 0.3) is 11.0 Å². The SMILES string of the molecule is Cc1ccc(NC(=S)Nc2ccc3c(C)cc(=O)oc3c2)c(Br)c1. The van der Waals surface area contributed by atoms with Crippen LogP contribution in [0.3, 0.4) is 0 Å². The van der Waals surface area contributed by atoms with Gasteiger partial charge in [0.25, 0.3) is 0 Å². The maximum absolute atomic E-state index is 11.5. The molecule has 0 amide bonds. The molecule has 24 heavy (non-hydrogen) atoms. The predicted molar refractivity (Wildman–Crippen MR) is 106 cm³/mol. The van der Waals surface area contributed by atoms with Crippen LogP contribution in [0.2, 0.25) is 0 Å². The van der Waals surface area contributed by atoms with E-state index in [1.54, 1.807) is 6.07 Å². The summed E-state index contributed by atoms with van der Waals surface area (Å²) < 4.78 is 6.19. The van der Waals surface area contributed by atoms with Gasteiger partial charge in [-0.1, -0.05) is 6.07 Å². The molecule has 4 nitrogen and oxygen atoms in total. The van der Waals surface area contributed by atoms with Crippen molar-refractivity contribution in [2.24, 2.45) is 0 Å². The van der Waals surface area contributed by atoms with Crippen molar-refractivity contribution < 1.29 is 4.42 Å². The first-order valence-electron chi connectivity index (χ1n) is 7.31. The summed E-state index contributed by atoms with van der Waals surface area (Å²) in [6, 6.07) is 13.0. The molecule has 1 aromatic heterocycles. The van der Waals surface area contributed by atoms with Crippen LogP contribution in [0.5, 0.6) is 0 Å². The Morgan fingerprint density at radius 1 is 1.08 bits per heavy atom. The van der Waals surface area contributed by atoms with Gasteiger partial charge >= 0.3 is 5.63 Å². The van der Waals surface area contributed by atoms with Gasteiger partial charge in [-0.05, 0) is 77.4 Å². The normalized spacial score (nSPS) is 10.6. The van der Waals surface area contributed by atoms with Crippen molar-refractivity contribution in [3.8, 4) is 0 Å². The molecule has 0 aliphatic rings. The summed E-state index contributed by atoms with van der Waals surface area (Å²) >= 11 is 8.86. The number of aryl methyl sites for hydroxylation is 2. The van der Waals surface area contributed by atoms with E-state index < -0.39 is 0 Å². The fourth-order valence-corrected chi connectivity index (χ4v) is 3.23. The van der Waals surface area contributed by atoms with E-state index in [4.69, 9.17) is 16.6 Å². The van der Waals surface area contributed by atoms with Gasteiger partial charge in [-0.3, -0.25) is 0 Å². The molecule has 0 unspecified atom stereocenters. The number of benzene rings is 2. The summed E-state index contributed by atoms with van der Waals surface area (Å²) in [6.07, 6.45) is 0. The Labute approximate surface area is 153 Å². The van der Waals surface area contributed by atoms with E-state index in [9.17, 15) is 4.79 Å². The second-order valence-corrected chi connectivity index (χ2v) is 6.78. The largest absolute Gasteiger partial charge is 0.423 e. The molecule has 2 aromatic carbocycles. The zero-order valence-corrected chi connectivity index (χ0v) is 15.5. The van der Waals surface area contributed by atoms with E-state index in [1.165, 1.54) is 6.07 Å². The van der Waals surface area contributed by atoms with Gasteiger partial charge in [-0.25, -0.2) is 4.79 Å². The number of rotatable bonds is 2. The highest BCUT2D eigenvalue weighted by molar-refractivity contribution is 9.10. The molecule has 2 N–H and O–H groups in total. The molecule has 0 spiro atoms. The molecular weight excluding hydrogens is 388 g/mol. The van der Waals surface area contributed by atoms with Crippen LogP contribution in [0.4, 0.5) is 11.4 Å². The van der Waals surface area contributed by atoms with Crippen LogP contribution in [-0.4, -0.2) is 5.11 Å². The minimum atomic E-state index is -0.360. The van der Waals surface area contributed by atoms with Gasteiger partial charge in [0.2, 0.25) is 0 Å². The number of fused-ring (bicyclic) bond motifs is 1. The highest BCUT2D eigenvalue weighted by Crippen LogP contribution is 2.24. The molecule has 0 atom stereocenters. The van der Waals surface area contributed by atoms with Gasteiger partial charge in [0.05, 0.1) is 5.69 Å². The van der Waals surface area contributed by atoms with Crippen molar-refractivity contribution in [1.29, 1.82) is 0 Å². The Kier molecular flexibility index (Phi) is 4.69. The molecule has 0 saturated heterocycles. The average molecular weight is 403 g/mol. The summed E-state index contributed by atoms with van der Waals surface area (Å²) in [6.45, 7) is 3.91. The Morgan fingerprint density at radius 3 is 2.62 bits per heavy atom. The van der Waals surface area contributed by atoms with Gasteiger partial charge in [-0.15, -0.1) is 0 Å².